The largest absolute Gasteiger partial charge is 0.381 e. The molecule has 100 valence electrons. The van der Waals surface area contributed by atoms with Gasteiger partial charge in [0.25, 0.3) is 5.69 Å². The van der Waals surface area contributed by atoms with Crippen LogP contribution in [0.15, 0.2) is 35.1 Å². The van der Waals surface area contributed by atoms with Crippen LogP contribution in [0.25, 0.3) is 0 Å². The molecule has 2 aromatic rings. The van der Waals surface area contributed by atoms with E-state index >= 15 is 0 Å². The van der Waals surface area contributed by atoms with Crippen molar-refractivity contribution in [2.24, 2.45) is 0 Å². The van der Waals surface area contributed by atoms with Gasteiger partial charge in [0.1, 0.15) is 0 Å². The van der Waals surface area contributed by atoms with Crippen molar-refractivity contribution in [3.05, 3.63) is 50.7 Å². The molecule has 7 heteroatoms. The molecule has 6 nitrogen and oxygen atoms in total. The molecule has 1 aromatic heterocycles. The molecule has 0 saturated carbocycles. The third-order valence-corrected chi connectivity index (χ3v) is 3.32. The standard InChI is InChI=1S/C12H13BrN4O2/c1-2-16-8-9(7-15-16)6-14-10-3-4-11(13)12(5-10)17(18)19/h3-5,7-8,14H,2,6H2,1H3. The molecular formula is C12H13BrN4O2. The molecule has 1 N–H and O–H groups in total. The van der Waals surface area contributed by atoms with Crippen molar-refractivity contribution in [1.29, 1.82) is 0 Å². The fourth-order valence-electron chi connectivity index (χ4n) is 1.64. The minimum absolute atomic E-state index is 0.0502. The van der Waals surface area contributed by atoms with Crippen LogP contribution in [0, 0.1) is 10.1 Å². The van der Waals surface area contributed by atoms with Gasteiger partial charge in [-0.15, -0.1) is 0 Å². The van der Waals surface area contributed by atoms with E-state index in [1.54, 1.807) is 18.3 Å². The number of rotatable bonds is 5. The van der Waals surface area contributed by atoms with Crippen molar-refractivity contribution >= 4 is 27.3 Å². The van der Waals surface area contributed by atoms with E-state index in [1.807, 2.05) is 17.8 Å². The highest BCUT2D eigenvalue weighted by atomic mass is 79.9. The lowest BCUT2D eigenvalue weighted by Crippen LogP contribution is -2.00. The summed E-state index contributed by atoms with van der Waals surface area (Å²) in [6.45, 7) is 3.42. The van der Waals surface area contributed by atoms with Crippen molar-refractivity contribution in [3.8, 4) is 0 Å². The number of hydrogen-bond donors (Lipinski definition) is 1. The number of aromatic nitrogens is 2. The van der Waals surface area contributed by atoms with Gasteiger partial charge < -0.3 is 5.32 Å². The summed E-state index contributed by atoms with van der Waals surface area (Å²) in [4.78, 5) is 10.4. The third-order valence-electron chi connectivity index (χ3n) is 2.65. The van der Waals surface area contributed by atoms with Gasteiger partial charge in [0, 0.05) is 36.6 Å². The van der Waals surface area contributed by atoms with E-state index in [-0.39, 0.29) is 5.69 Å². The lowest BCUT2D eigenvalue weighted by atomic mass is 10.2. The summed E-state index contributed by atoms with van der Waals surface area (Å²) in [6.07, 6.45) is 3.73. The highest BCUT2D eigenvalue weighted by molar-refractivity contribution is 9.10. The SMILES string of the molecule is CCn1cc(CNc2ccc(Br)c([N+](=O)[O-])c2)cn1. The summed E-state index contributed by atoms with van der Waals surface area (Å²) < 4.78 is 2.31. The number of aryl methyl sites for hydroxylation is 1. The van der Waals surface area contributed by atoms with Crippen LogP contribution in [0.5, 0.6) is 0 Å². The molecule has 0 aliphatic heterocycles. The van der Waals surface area contributed by atoms with Gasteiger partial charge in [-0.3, -0.25) is 14.8 Å². The van der Waals surface area contributed by atoms with Gasteiger partial charge in [0.05, 0.1) is 15.6 Å². The number of nitrogens with one attached hydrogen (secondary N) is 1. The van der Waals surface area contributed by atoms with E-state index in [9.17, 15) is 10.1 Å². The molecule has 0 spiro atoms. The fourth-order valence-corrected chi connectivity index (χ4v) is 2.03. The first kappa shape index (κ1) is 13.5. The Labute approximate surface area is 118 Å². The van der Waals surface area contributed by atoms with Gasteiger partial charge in [0.15, 0.2) is 0 Å². The second kappa shape index (κ2) is 5.83. The van der Waals surface area contributed by atoms with Gasteiger partial charge in [-0.25, -0.2) is 0 Å². The van der Waals surface area contributed by atoms with Crippen LogP contribution in [0.2, 0.25) is 0 Å². The number of anilines is 1. The summed E-state index contributed by atoms with van der Waals surface area (Å²) >= 11 is 3.16. The molecular weight excluding hydrogens is 312 g/mol. The second-order valence-corrected chi connectivity index (χ2v) is 4.84. The maximum atomic E-state index is 10.8. The Bertz CT molecular complexity index is 597. The summed E-state index contributed by atoms with van der Waals surface area (Å²) in [5.74, 6) is 0. The van der Waals surface area contributed by atoms with E-state index in [0.29, 0.717) is 16.7 Å². The maximum absolute atomic E-state index is 10.8. The van der Waals surface area contributed by atoms with Crippen LogP contribution < -0.4 is 5.32 Å². The summed E-state index contributed by atoms with van der Waals surface area (Å²) in [7, 11) is 0. The highest BCUT2D eigenvalue weighted by Crippen LogP contribution is 2.27. The predicted molar refractivity (Wildman–Crippen MR) is 76.0 cm³/mol. The van der Waals surface area contributed by atoms with Crippen molar-refractivity contribution in [2.75, 3.05) is 5.32 Å². The second-order valence-electron chi connectivity index (χ2n) is 3.98. The normalized spacial score (nSPS) is 10.4. The number of nitro benzene ring substituents is 1. The van der Waals surface area contributed by atoms with Crippen molar-refractivity contribution in [3.63, 3.8) is 0 Å². The lowest BCUT2D eigenvalue weighted by molar-refractivity contribution is -0.385. The number of nitro groups is 1. The zero-order valence-corrected chi connectivity index (χ0v) is 11.9. The van der Waals surface area contributed by atoms with Crippen molar-refractivity contribution in [1.82, 2.24) is 9.78 Å². The van der Waals surface area contributed by atoms with Crippen LogP contribution in [0.3, 0.4) is 0 Å². The van der Waals surface area contributed by atoms with Gasteiger partial charge in [-0.2, -0.15) is 5.10 Å². The van der Waals surface area contributed by atoms with Gasteiger partial charge >= 0.3 is 0 Å². The molecule has 0 unspecified atom stereocenters. The van der Waals surface area contributed by atoms with Gasteiger partial charge in [0.2, 0.25) is 0 Å². The molecule has 0 radical (unpaired) electrons. The van der Waals surface area contributed by atoms with Gasteiger partial charge in [-0.1, -0.05) is 0 Å². The highest BCUT2D eigenvalue weighted by Gasteiger charge is 2.12. The maximum Gasteiger partial charge on any atom is 0.285 e. The molecule has 0 aliphatic rings. The molecule has 2 rings (SSSR count). The third kappa shape index (κ3) is 3.31. The van der Waals surface area contributed by atoms with Crippen LogP contribution in [-0.2, 0) is 13.1 Å². The number of benzene rings is 1. The Hall–Kier alpha value is -1.89. The van der Waals surface area contributed by atoms with E-state index in [4.69, 9.17) is 0 Å². The monoisotopic (exact) mass is 324 g/mol. The summed E-state index contributed by atoms with van der Waals surface area (Å²) in [5.41, 5.74) is 1.79. The number of nitrogens with zero attached hydrogens (tertiary/aromatic N) is 3. The molecule has 1 aromatic carbocycles. The first-order valence-electron chi connectivity index (χ1n) is 5.79. The first-order valence-corrected chi connectivity index (χ1v) is 6.58. The Balaban J connectivity index is 2.07. The summed E-state index contributed by atoms with van der Waals surface area (Å²) in [6, 6.07) is 4.96. The molecule has 1 heterocycles. The average molecular weight is 325 g/mol. The van der Waals surface area contributed by atoms with Crippen LogP contribution >= 0.6 is 15.9 Å². The fraction of sp³-hybridized carbons (Fsp3) is 0.250. The number of halogens is 1. The molecule has 19 heavy (non-hydrogen) atoms. The molecule has 0 bridgehead atoms. The quantitative estimate of drug-likeness (QED) is 0.677. The smallest absolute Gasteiger partial charge is 0.285 e. The van der Waals surface area contributed by atoms with E-state index in [0.717, 1.165) is 12.1 Å². The first-order chi connectivity index (χ1) is 9.10. The van der Waals surface area contributed by atoms with E-state index in [2.05, 4.69) is 26.3 Å². The Morgan fingerprint density at radius 3 is 2.95 bits per heavy atom. The minimum Gasteiger partial charge on any atom is -0.381 e. The topological polar surface area (TPSA) is 73.0 Å². The lowest BCUT2D eigenvalue weighted by Gasteiger charge is -2.05. The van der Waals surface area contributed by atoms with Crippen LogP contribution in [-0.4, -0.2) is 14.7 Å². The van der Waals surface area contributed by atoms with Crippen molar-refractivity contribution < 1.29 is 4.92 Å². The van der Waals surface area contributed by atoms with Crippen molar-refractivity contribution in [2.45, 2.75) is 20.0 Å². The Kier molecular flexibility index (Phi) is 4.16. The minimum atomic E-state index is -0.412. The van der Waals surface area contributed by atoms with Gasteiger partial charge in [-0.05, 0) is 35.0 Å². The van der Waals surface area contributed by atoms with E-state index < -0.39 is 4.92 Å². The molecule has 0 fully saturated rings. The summed E-state index contributed by atoms with van der Waals surface area (Å²) in [5, 5.41) is 18.1. The molecule has 0 saturated heterocycles. The number of hydrogen-bond acceptors (Lipinski definition) is 4. The Morgan fingerprint density at radius 2 is 2.32 bits per heavy atom. The van der Waals surface area contributed by atoms with E-state index in [1.165, 1.54) is 6.07 Å². The zero-order valence-electron chi connectivity index (χ0n) is 10.3. The molecule has 0 atom stereocenters. The average Bonchev–Trinajstić information content (AvgIpc) is 2.85. The Morgan fingerprint density at radius 1 is 1.53 bits per heavy atom. The zero-order chi connectivity index (χ0) is 13.8. The predicted octanol–water partition coefficient (Wildman–Crippen LogP) is 3.19. The van der Waals surface area contributed by atoms with Crippen LogP contribution in [0.4, 0.5) is 11.4 Å². The molecule has 0 amide bonds. The van der Waals surface area contributed by atoms with Crippen LogP contribution in [0.1, 0.15) is 12.5 Å². The molecule has 0 aliphatic carbocycles.